The molecule has 0 radical (unpaired) electrons. The monoisotopic (exact) mass is 971 g/mol. The lowest BCUT2D eigenvalue weighted by Gasteiger charge is -2.42. The predicted molar refractivity (Wildman–Crippen MR) is 261 cm³/mol. The van der Waals surface area contributed by atoms with Gasteiger partial charge in [0.25, 0.3) is 0 Å². The number of aliphatic hydroxyl groups is 7. The number of rotatable bonds is 41. The molecule has 4 unspecified atom stereocenters. The molecule has 0 spiro atoms. The molecule has 0 aromatic rings. The summed E-state index contributed by atoms with van der Waals surface area (Å²) in [5.74, 6) is -0.942. The van der Waals surface area contributed by atoms with E-state index in [4.69, 9.17) is 28.4 Å². The highest BCUT2D eigenvalue weighted by molar-refractivity contribution is 5.70. The summed E-state index contributed by atoms with van der Waals surface area (Å²) < 4.78 is 33.6. The van der Waals surface area contributed by atoms with Crippen molar-refractivity contribution in [3.05, 3.63) is 36.5 Å². The molecule has 11 atom stereocenters. The molecule has 0 saturated carbocycles. The SMILES string of the molecule is CCCCCC/C=C/C=C/CCCCCCCC(=O)OC[C@H](CO[C@H]1O[C@@H](CO[C@H]2O[C@@H](CO)[C@@H](O)C(O)C2O)[C@@H](O)C(O)C1O)OC(=O)CCCCCCCCCCC/C=C/CCCCCC. The van der Waals surface area contributed by atoms with Crippen molar-refractivity contribution >= 4 is 11.9 Å². The van der Waals surface area contributed by atoms with Crippen LogP contribution in [0.1, 0.15) is 194 Å². The molecule has 7 N–H and O–H groups in total. The van der Waals surface area contributed by atoms with E-state index in [-0.39, 0.29) is 26.1 Å². The minimum absolute atomic E-state index is 0.160. The first-order valence-electron chi connectivity index (χ1n) is 26.6. The van der Waals surface area contributed by atoms with E-state index in [0.717, 1.165) is 64.2 Å². The van der Waals surface area contributed by atoms with E-state index in [2.05, 4.69) is 50.3 Å². The Morgan fingerprint density at radius 1 is 0.471 bits per heavy atom. The zero-order chi connectivity index (χ0) is 49.6. The summed E-state index contributed by atoms with van der Waals surface area (Å²) in [5, 5.41) is 72.1. The van der Waals surface area contributed by atoms with E-state index in [1.165, 1.54) is 89.9 Å². The van der Waals surface area contributed by atoms with Crippen molar-refractivity contribution in [3.63, 3.8) is 0 Å². The van der Waals surface area contributed by atoms with Crippen LogP contribution in [0.15, 0.2) is 36.5 Å². The maximum absolute atomic E-state index is 13.0. The average molecular weight is 971 g/mol. The van der Waals surface area contributed by atoms with Crippen molar-refractivity contribution in [3.8, 4) is 0 Å². The van der Waals surface area contributed by atoms with Gasteiger partial charge in [0.05, 0.1) is 19.8 Å². The van der Waals surface area contributed by atoms with E-state index >= 15 is 0 Å². The van der Waals surface area contributed by atoms with Gasteiger partial charge in [0, 0.05) is 12.8 Å². The van der Waals surface area contributed by atoms with Crippen molar-refractivity contribution in [1.82, 2.24) is 0 Å². The lowest BCUT2D eigenvalue weighted by atomic mass is 9.98. The first-order chi connectivity index (χ1) is 33.0. The van der Waals surface area contributed by atoms with Gasteiger partial charge < -0.3 is 64.2 Å². The number of hydrogen-bond acceptors (Lipinski definition) is 15. The third-order valence-electron chi connectivity index (χ3n) is 12.6. The number of carbonyl (C=O) groups excluding carboxylic acids is 2. The summed E-state index contributed by atoms with van der Waals surface area (Å²) in [7, 11) is 0. The lowest BCUT2D eigenvalue weighted by molar-refractivity contribution is -0.332. The zero-order valence-electron chi connectivity index (χ0n) is 41.8. The van der Waals surface area contributed by atoms with Crippen molar-refractivity contribution in [1.29, 1.82) is 0 Å². The van der Waals surface area contributed by atoms with E-state index in [1.807, 2.05) is 0 Å². The zero-order valence-corrected chi connectivity index (χ0v) is 41.8. The molecule has 2 heterocycles. The van der Waals surface area contributed by atoms with Crippen molar-refractivity contribution in [2.24, 2.45) is 0 Å². The van der Waals surface area contributed by atoms with Crippen LogP contribution in [0.4, 0.5) is 0 Å². The van der Waals surface area contributed by atoms with Crippen LogP contribution in [0.2, 0.25) is 0 Å². The number of ether oxygens (including phenoxy) is 6. The summed E-state index contributed by atoms with van der Waals surface area (Å²) in [6.07, 6.45) is 25.9. The molecule has 68 heavy (non-hydrogen) atoms. The largest absolute Gasteiger partial charge is 0.462 e. The number of carbonyl (C=O) groups is 2. The molecule has 2 fully saturated rings. The van der Waals surface area contributed by atoms with Crippen LogP contribution in [-0.2, 0) is 38.0 Å². The first-order valence-corrected chi connectivity index (χ1v) is 26.6. The van der Waals surface area contributed by atoms with Gasteiger partial charge in [-0.2, -0.15) is 0 Å². The molecule has 0 amide bonds. The number of allylic oxidation sites excluding steroid dienone is 6. The van der Waals surface area contributed by atoms with Gasteiger partial charge in [-0.25, -0.2) is 0 Å². The standard InChI is InChI=1S/C53H94O15/c1-3-5-7-9-11-13-15-17-19-20-22-24-26-28-30-32-34-36-45(56)66-41(38-63-44(55)35-33-31-29-27-25-23-21-18-16-14-12-10-8-6-4-2)39-64-52-51(62)49(60)47(58)43(68-52)40-65-53-50(61)48(59)46(57)42(37-54)67-53/h13-16,18,21,41-43,46-54,57-62H,3-12,17,19-20,22-40H2,1-2H3/b15-13+,16-14+,21-18+/t41-,42+,43+,46-,47-,48?,49?,50?,51?,52+,53+/m1/s1. The lowest BCUT2D eigenvalue weighted by Crippen LogP contribution is -2.61. The molecule has 2 saturated heterocycles. The molecule has 0 aliphatic carbocycles. The Bertz CT molecular complexity index is 1330. The van der Waals surface area contributed by atoms with Gasteiger partial charge in [0.15, 0.2) is 18.7 Å². The smallest absolute Gasteiger partial charge is 0.306 e. The van der Waals surface area contributed by atoms with Crippen LogP contribution >= 0.6 is 0 Å². The van der Waals surface area contributed by atoms with Crippen molar-refractivity contribution in [2.75, 3.05) is 26.4 Å². The maximum Gasteiger partial charge on any atom is 0.306 e. The fraction of sp³-hybridized carbons (Fsp3) is 0.849. The van der Waals surface area contributed by atoms with Crippen LogP contribution in [-0.4, -0.2) is 142 Å². The normalized spacial score (nSPS) is 26.0. The van der Waals surface area contributed by atoms with Crippen LogP contribution in [0.5, 0.6) is 0 Å². The summed E-state index contributed by atoms with van der Waals surface area (Å²) in [5.41, 5.74) is 0. The summed E-state index contributed by atoms with van der Waals surface area (Å²) in [4.78, 5) is 25.8. The van der Waals surface area contributed by atoms with Gasteiger partial charge in [-0.05, 0) is 64.2 Å². The minimum Gasteiger partial charge on any atom is -0.462 e. The highest BCUT2D eigenvalue weighted by atomic mass is 16.7. The number of hydrogen-bond donors (Lipinski definition) is 7. The Morgan fingerprint density at radius 2 is 0.882 bits per heavy atom. The van der Waals surface area contributed by atoms with Gasteiger partial charge in [0.2, 0.25) is 0 Å². The molecule has 15 heteroatoms. The Hall–Kier alpha value is -2.28. The predicted octanol–water partition coefficient (Wildman–Crippen LogP) is 7.71. The van der Waals surface area contributed by atoms with E-state index in [0.29, 0.717) is 12.8 Å². The first kappa shape index (κ1) is 61.8. The van der Waals surface area contributed by atoms with Gasteiger partial charge in [0.1, 0.15) is 55.4 Å². The van der Waals surface area contributed by atoms with Crippen LogP contribution in [0.3, 0.4) is 0 Å². The molecule has 2 aliphatic heterocycles. The number of unbranched alkanes of at least 4 members (excludes halogenated alkanes) is 22. The molecule has 15 nitrogen and oxygen atoms in total. The van der Waals surface area contributed by atoms with Gasteiger partial charge in [-0.1, -0.05) is 153 Å². The molecule has 2 rings (SSSR count). The fourth-order valence-electron chi connectivity index (χ4n) is 8.20. The van der Waals surface area contributed by atoms with Gasteiger partial charge in [-0.15, -0.1) is 0 Å². The maximum atomic E-state index is 13.0. The molecule has 2 aliphatic rings. The highest BCUT2D eigenvalue weighted by Crippen LogP contribution is 2.26. The summed E-state index contributed by atoms with van der Waals surface area (Å²) in [6.45, 7) is 2.55. The number of aliphatic hydroxyl groups excluding tert-OH is 7. The third kappa shape index (κ3) is 27.9. The van der Waals surface area contributed by atoms with E-state index in [1.54, 1.807) is 0 Å². The third-order valence-corrected chi connectivity index (χ3v) is 12.6. The second-order valence-electron chi connectivity index (χ2n) is 18.7. The van der Waals surface area contributed by atoms with Gasteiger partial charge >= 0.3 is 11.9 Å². The number of esters is 2. The Morgan fingerprint density at radius 3 is 1.38 bits per heavy atom. The van der Waals surface area contributed by atoms with Crippen molar-refractivity contribution < 1.29 is 73.8 Å². The minimum atomic E-state index is -1.77. The average Bonchev–Trinajstić information content (AvgIpc) is 3.33. The molecule has 0 bridgehead atoms. The highest BCUT2D eigenvalue weighted by Gasteiger charge is 2.47. The van der Waals surface area contributed by atoms with E-state index in [9.17, 15) is 45.3 Å². The van der Waals surface area contributed by atoms with E-state index < -0.39 is 92.7 Å². The molecule has 0 aromatic carbocycles. The van der Waals surface area contributed by atoms with Gasteiger partial charge in [-0.3, -0.25) is 9.59 Å². The van der Waals surface area contributed by atoms with Crippen LogP contribution < -0.4 is 0 Å². The Labute approximate surface area is 408 Å². The second-order valence-corrected chi connectivity index (χ2v) is 18.7. The molecule has 0 aromatic heterocycles. The molecule has 396 valence electrons. The fourth-order valence-corrected chi connectivity index (χ4v) is 8.20. The van der Waals surface area contributed by atoms with Crippen molar-refractivity contribution in [2.45, 2.75) is 261 Å². The second kappa shape index (κ2) is 40.3. The topological polar surface area (TPSA) is 231 Å². The quantitative estimate of drug-likeness (QED) is 0.0135. The Kier molecular flexibility index (Phi) is 36.7. The summed E-state index contributed by atoms with van der Waals surface area (Å²) >= 11 is 0. The van der Waals surface area contributed by atoms with Crippen LogP contribution in [0.25, 0.3) is 0 Å². The molecular weight excluding hydrogens is 877 g/mol. The molecular formula is C53H94O15. The van der Waals surface area contributed by atoms with Crippen LogP contribution in [0, 0.1) is 0 Å². The Balaban J connectivity index is 1.80. The summed E-state index contributed by atoms with van der Waals surface area (Å²) in [6, 6.07) is 0.